The molecule has 3 heteroatoms. The van der Waals surface area contributed by atoms with Crippen LogP contribution >= 0.6 is 0 Å². The third kappa shape index (κ3) is 2.76. The first-order valence-electron chi connectivity index (χ1n) is 7.68. The van der Waals surface area contributed by atoms with E-state index in [4.69, 9.17) is 0 Å². The fraction of sp³-hybridized carbons (Fsp3) is 0.688. The van der Waals surface area contributed by atoms with E-state index in [1.165, 1.54) is 44.3 Å². The van der Waals surface area contributed by atoms with Gasteiger partial charge in [-0.15, -0.1) is 0 Å². The molecule has 3 rings (SSSR count). The molecule has 2 fully saturated rings. The molecule has 0 spiro atoms. The van der Waals surface area contributed by atoms with E-state index in [1.807, 2.05) is 0 Å². The number of hydrogen-bond donors (Lipinski definition) is 2. The lowest BCUT2D eigenvalue weighted by Crippen LogP contribution is -2.38. The molecule has 2 aliphatic rings. The zero-order valence-electron chi connectivity index (χ0n) is 12.1. The van der Waals surface area contributed by atoms with E-state index < -0.39 is 0 Å². The van der Waals surface area contributed by atoms with Gasteiger partial charge < -0.3 is 10.6 Å². The smallest absolute Gasteiger partial charge is 0.0606 e. The molecule has 3 nitrogen and oxygen atoms in total. The van der Waals surface area contributed by atoms with Gasteiger partial charge in [0.15, 0.2) is 0 Å². The number of aryl methyl sites for hydroxylation is 2. The first kappa shape index (κ1) is 12.9. The van der Waals surface area contributed by atoms with E-state index in [0.717, 1.165) is 23.3 Å². The van der Waals surface area contributed by atoms with Gasteiger partial charge in [-0.3, -0.25) is 4.98 Å². The second-order valence-electron chi connectivity index (χ2n) is 6.13. The van der Waals surface area contributed by atoms with Crippen LogP contribution in [-0.4, -0.2) is 23.6 Å². The minimum Gasteiger partial charge on any atom is -0.381 e. The van der Waals surface area contributed by atoms with Crippen LogP contribution in [0.15, 0.2) is 12.1 Å². The molecule has 1 aromatic heterocycles. The number of rotatable bonds is 3. The van der Waals surface area contributed by atoms with Gasteiger partial charge in [0.1, 0.15) is 0 Å². The van der Waals surface area contributed by atoms with Crippen LogP contribution in [0.4, 0.5) is 5.69 Å². The van der Waals surface area contributed by atoms with Gasteiger partial charge in [0.25, 0.3) is 0 Å². The standard InChI is InChI=1S/C16H25N3/c1-11-8-9-14(12(2)18-11)19-16-6-3-5-13(16)15-7-4-10-17-15/h8-9,13,15-17,19H,3-7,10H2,1-2H3. The molecule has 3 unspecified atom stereocenters. The molecule has 19 heavy (non-hydrogen) atoms. The molecular weight excluding hydrogens is 234 g/mol. The van der Waals surface area contributed by atoms with Gasteiger partial charge in [0.2, 0.25) is 0 Å². The van der Waals surface area contributed by atoms with Crippen LogP contribution in [0.25, 0.3) is 0 Å². The van der Waals surface area contributed by atoms with Gasteiger partial charge in [0.05, 0.1) is 11.4 Å². The Hall–Kier alpha value is -1.09. The molecule has 0 aromatic carbocycles. The molecule has 0 radical (unpaired) electrons. The lowest BCUT2D eigenvalue weighted by Gasteiger charge is -2.27. The van der Waals surface area contributed by atoms with Crippen LogP contribution in [0.3, 0.4) is 0 Å². The Labute approximate surface area is 116 Å². The van der Waals surface area contributed by atoms with Crippen molar-refractivity contribution in [3.05, 3.63) is 23.5 Å². The van der Waals surface area contributed by atoms with E-state index in [0.29, 0.717) is 6.04 Å². The van der Waals surface area contributed by atoms with Crippen molar-refractivity contribution < 1.29 is 0 Å². The van der Waals surface area contributed by atoms with E-state index >= 15 is 0 Å². The summed E-state index contributed by atoms with van der Waals surface area (Å²) in [6.07, 6.45) is 6.73. The molecule has 104 valence electrons. The Balaban J connectivity index is 1.70. The van der Waals surface area contributed by atoms with Crippen molar-refractivity contribution in [2.75, 3.05) is 11.9 Å². The number of hydrogen-bond acceptors (Lipinski definition) is 3. The number of aromatic nitrogens is 1. The van der Waals surface area contributed by atoms with E-state index in [-0.39, 0.29) is 0 Å². The van der Waals surface area contributed by atoms with E-state index in [9.17, 15) is 0 Å². The van der Waals surface area contributed by atoms with Crippen molar-refractivity contribution >= 4 is 5.69 Å². The summed E-state index contributed by atoms with van der Waals surface area (Å²) < 4.78 is 0. The maximum atomic E-state index is 4.56. The van der Waals surface area contributed by atoms with E-state index in [1.54, 1.807) is 0 Å². The lowest BCUT2D eigenvalue weighted by atomic mass is 9.93. The molecule has 1 saturated heterocycles. The molecule has 0 bridgehead atoms. The highest BCUT2D eigenvalue weighted by atomic mass is 15.0. The molecule has 1 aliphatic carbocycles. The summed E-state index contributed by atoms with van der Waals surface area (Å²) in [4.78, 5) is 4.56. The Morgan fingerprint density at radius 2 is 2.05 bits per heavy atom. The predicted octanol–water partition coefficient (Wildman–Crippen LogP) is 3.03. The third-order valence-corrected chi connectivity index (χ3v) is 4.75. The number of nitrogens with zero attached hydrogens (tertiary/aromatic N) is 1. The van der Waals surface area contributed by atoms with Gasteiger partial charge in [-0.25, -0.2) is 0 Å². The molecule has 2 heterocycles. The normalized spacial score (nSPS) is 30.7. The Kier molecular flexibility index (Phi) is 3.74. The summed E-state index contributed by atoms with van der Waals surface area (Å²) in [5, 5.41) is 7.44. The van der Waals surface area contributed by atoms with Crippen LogP contribution in [0.5, 0.6) is 0 Å². The summed E-state index contributed by atoms with van der Waals surface area (Å²) >= 11 is 0. The minimum absolute atomic E-state index is 0.624. The van der Waals surface area contributed by atoms with Gasteiger partial charge >= 0.3 is 0 Å². The van der Waals surface area contributed by atoms with Crippen LogP contribution < -0.4 is 10.6 Å². The summed E-state index contributed by atoms with van der Waals surface area (Å²) in [6.45, 7) is 5.36. The van der Waals surface area contributed by atoms with Gasteiger partial charge in [-0.05, 0) is 64.1 Å². The largest absolute Gasteiger partial charge is 0.381 e. The SMILES string of the molecule is Cc1ccc(NC2CCCC2C2CCCN2)c(C)n1. The lowest BCUT2D eigenvalue weighted by molar-refractivity contribution is 0.376. The third-order valence-electron chi connectivity index (χ3n) is 4.75. The maximum Gasteiger partial charge on any atom is 0.0606 e. The van der Waals surface area contributed by atoms with Gasteiger partial charge in [-0.1, -0.05) is 6.42 Å². The van der Waals surface area contributed by atoms with Crippen LogP contribution in [0.1, 0.15) is 43.5 Å². The highest BCUT2D eigenvalue weighted by Gasteiger charge is 2.35. The van der Waals surface area contributed by atoms with Crippen LogP contribution in [0.2, 0.25) is 0 Å². The average molecular weight is 259 g/mol. The minimum atomic E-state index is 0.624. The predicted molar refractivity (Wildman–Crippen MR) is 79.5 cm³/mol. The Morgan fingerprint density at radius 3 is 2.79 bits per heavy atom. The quantitative estimate of drug-likeness (QED) is 0.876. The van der Waals surface area contributed by atoms with Crippen molar-refractivity contribution in [2.24, 2.45) is 5.92 Å². The van der Waals surface area contributed by atoms with Crippen molar-refractivity contribution in [2.45, 2.75) is 58.0 Å². The van der Waals surface area contributed by atoms with E-state index in [2.05, 4.69) is 41.6 Å². The molecule has 1 saturated carbocycles. The molecule has 2 N–H and O–H groups in total. The molecule has 3 atom stereocenters. The van der Waals surface area contributed by atoms with Gasteiger partial charge in [-0.2, -0.15) is 0 Å². The summed E-state index contributed by atoms with van der Waals surface area (Å²) in [5.41, 5.74) is 3.45. The summed E-state index contributed by atoms with van der Waals surface area (Å²) in [7, 11) is 0. The zero-order valence-corrected chi connectivity index (χ0v) is 12.1. The molecular formula is C16H25N3. The second-order valence-corrected chi connectivity index (χ2v) is 6.13. The molecule has 1 aliphatic heterocycles. The van der Waals surface area contributed by atoms with Crippen molar-refractivity contribution in [1.29, 1.82) is 0 Å². The number of nitrogens with one attached hydrogen (secondary N) is 2. The first-order valence-corrected chi connectivity index (χ1v) is 7.68. The van der Waals surface area contributed by atoms with Crippen molar-refractivity contribution in [3.8, 4) is 0 Å². The van der Waals surface area contributed by atoms with Crippen molar-refractivity contribution in [1.82, 2.24) is 10.3 Å². The summed E-state index contributed by atoms with van der Waals surface area (Å²) in [6, 6.07) is 5.65. The second kappa shape index (κ2) is 5.49. The maximum absolute atomic E-state index is 4.56. The fourth-order valence-corrected chi connectivity index (χ4v) is 3.77. The highest BCUT2D eigenvalue weighted by Crippen LogP contribution is 2.34. The monoisotopic (exact) mass is 259 g/mol. The Morgan fingerprint density at radius 1 is 1.16 bits per heavy atom. The van der Waals surface area contributed by atoms with Crippen LogP contribution in [-0.2, 0) is 0 Å². The van der Waals surface area contributed by atoms with Gasteiger partial charge in [0, 0.05) is 17.8 Å². The summed E-state index contributed by atoms with van der Waals surface area (Å²) in [5.74, 6) is 0.795. The average Bonchev–Trinajstić information content (AvgIpc) is 3.03. The zero-order chi connectivity index (χ0) is 13.2. The highest BCUT2D eigenvalue weighted by molar-refractivity contribution is 5.48. The number of pyridine rings is 1. The number of anilines is 1. The topological polar surface area (TPSA) is 37.0 Å². The van der Waals surface area contributed by atoms with Crippen molar-refractivity contribution in [3.63, 3.8) is 0 Å². The van der Waals surface area contributed by atoms with Crippen LogP contribution in [0, 0.1) is 19.8 Å². The Bertz CT molecular complexity index is 438. The first-order chi connectivity index (χ1) is 9.24. The fourth-order valence-electron chi connectivity index (χ4n) is 3.77. The molecule has 0 amide bonds. The molecule has 1 aromatic rings.